The number of imide groups is 1. The highest BCUT2D eigenvalue weighted by Crippen LogP contribution is 2.28. The molecule has 0 spiro atoms. The molecule has 1 N–H and O–H groups in total. The molecule has 5 nitrogen and oxygen atoms in total. The molecule has 0 bridgehead atoms. The van der Waals surface area contributed by atoms with Crippen molar-refractivity contribution >= 4 is 11.9 Å². The lowest BCUT2D eigenvalue weighted by molar-refractivity contribution is -0.121. The molecule has 2 aliphatic rings. The van der Waals surface area contributed by atoms with E-state index in [1.807, 2.05) is 7.05 Å². The summed E-state index contributed by atoms with van der Waals surface area (Å²) >= 11 is 0. The fourth-order valence-electron chi connectivity index (χ4n) is 1.64. The molecule has 0 atom stereocenters. The second-order valence-corrected chi connectivity index (χ2v) is 4.36. The molecule has 1 aliphatic carbocycles. The fraction of sp³-hybridized carbons (Fsp3) is 0.800. The van der Waals surface area contributed by atoms with Gasteiger partial charge in [0.05, 0.1) is 0 Å². The zero-order valence-electron chi connectivity index (χ0n) is 9.03. The summed E-state index contributed by atoms with van der Waals surface area (Å²) in [5.74, 6) is 0.000317. The number of amides is 3. The Balaban J connectivity index is 1.77. The zero-order chi connectivity index (χ0) is 10.8. The van der Waals surface area contributed by atoms with Crippen LogP contribution in [0.2, 0.25) is 0 Å². The Labute approximate surface area is 89.4 Å². The molecule has 1 saturated heterocycles. The van der Waals surface area contributed by atoms with Crippen molar-refractivity contribution in [1.29, 1.82) is 0 Å². The number of carbonyl (C=O) groups excluding carboxylic acids is 2. The minimum Gasteiger partial charge on any atom is -0.322 e. The van der Waals surface area contributed by atoms with Gasteiger partial charge in [0.1, 0.15) is 0 Å². The maximum Gasteiger partial charge on any atom is 0.324 e. The van der Waals surface area contributed by atoms with E-state index >= 15 is 0 Å². The van der Waals surface area contributed by atoms with Gasteiger partial charge in [-0.2, -0.15) is 0 Å². The quantitative estimate of drug-likeness (QED) is 0.658. The van der Waals surface area contributed by atoms with Crippen LogP contribution in [-0.4, -0.2) is 55.0 Å². The van der Waals surface area contributed by atoms with Crippen LogP contribution in [0.1, 0.15) is 12.8 Å². The SMILES string of the molecule is CN1CCN(C(=O)NC(=O)C2CC2)CC1. The highest BCUT2D eigenvalue weighted by atomic mass is 16.2. The number of likely N-dealkylation sites (N-methyl/N-ethyl adjacent to an activating group) is 1. The van der Waals surface area contributed by atoms with E-state index < -0.39 is 0 Å². The van der Waals surface area contributed by atoms with Crippen molar-refractivity contribution in [2.24, 2.45) is 5.92 Å². The average molecular weight is 211 g/mol. The number of urea groups is 1. The lowest BCUT2D eigenvalue weighted by Gasteiger charge is -2.32. The van der Waals surface area contributed by atoms with Crippen molar-refractivity contribution in [2.45, 2.75) is 12.8 Å². The maximum atomic E-state index is 11.6. The largest absolute Gasteiger partial charge is 0.324 e. The monoisotopic (exact) mass is 211 g/mol. The third-order valence-corrected chi connectivity index (χ3v) is 2.97. The van der Waals surface area contributed by atoms with Gasteiger partial charge in [0.2, 0.25) is 5.91 Å². The number of nitrogens with one attached hydrogen (secondary N) is 1. The molecule has 2 rings (SSSR count). The topological polar surface area (TPSA) is 52.6 Å². The minimum atomic E-state index is -0.222. The number of hydrogen-bond acceptors (Lipinski definition) is 3. The van der Waals surface area contributed by atoms with Crippen LogP contribution in [-0.2, 0) is 4.79 Å². The molecule has 0 aromatic carbocycles. The Hall–Kier alpha value is -1.10. The van der Waals surface area contributed by atoms with Crippen molar-refractivity contribution in [1.82, 2.24) is 15.1 Å². The Morgan fingerprint density at radius 1 is 1.13 bits per heavy atom. The number of nitrogens with zero attached hydrogens (tertiary/aromatic N) is 2. The molecule has 0 radical (unpaired) electrons. The predicted octanol–water partition coefficient (Wildman–Crippen LogP) is -0.120. The van der Waals surface area contributed by atoms with Crippen LogP contribution >= 0.6 is 0 Å². The summed E-state index contributed by atoms with van der Waals surface area (Å²) in [4.78, 5) is 26.9. The van der Waals surface area contributed by atoms with Crippen LogP contribution in [0.3, 0.4) is 0 Å². The molecule has 0 aromatic heterocycles. The number of carbonyl (C=O) groups is 2. The van der Waals surface area contributed by atoms with E-state index in [2.05, 4.69) is 10.2 Å². The summed E-state index contributed by atoms with van der Waals surface area (Å²) < 4.78 is 0. The third-order valence-electron chi connectivity index (χ3n) is 2.97. The lowest BCUT2D eigenvalue weighted by Crippen LogP contribution is -2.52. The van der Waals surface area contributed by atoms with Crippen molar-refractivity contribution in [2.75, 3.05) is 33.2 Å². The molecule has 84 valence electrons. The molecule has 1 saturated carbocycles. The van der Waals surface area contributed by atoms with Crippen molar-refractivity contribution in [3.63, 3.8) is 0 Å². The Morgan fingerprint density at radius 3 is 2.27 bits per heavy atom. The first-order chi connectivity index (χ1) is 7.16. The maximum absolute atomic E-state index is 11.6. The standard InChI is InChI=1S/C10H17N3O2/c1-12-4-6-13(7-5-12)10(15)11-9(14)8-2-3-8/h8H,2-7H2,1H3,(H,11,14,15). The van der Waals surface area contributed by atoms with Gasteiger partial charge in [-0.05, 0) is 19.9 Å². The summed E-state index contributed by atoms with van der Waals surface area (Å²) in [6, 6.07) is -0.222. The summed E-state index contributed by atoms with van der Waals surface area (Å²) in [5.41, 5.74) is 0. The number of hydrogen-bond donors (Lipinski definition) is 1. The molecule has 0 unspecified atom stereocenters. The molecular formula is C10H17N3O2. The van der Waals surface area contributed by atoms with E-state index in [1.165, 1.54) is 0 Å². The fourth-order valence-corrected chi connectivity index (χ4v) is 1.64. The van der Waals surface area contributed by atoms with Gasteiger partial charge in [-0.1, -0.05) is 0 Å². The van der Waals surface area contributed by atoms with Crippen molar-refractivity contribution < 1.29 is 9.59 Å². The second kappa shape index (κ2) is 4.18. The van der Waals surface area contributed by atoms with E-state index in [9.17, 15) is 9.59 Å². The van der Waals surface area contributed by atoms with Gasteiger partial charge < -0.3 is 9.80 Å². The van der Waals surface area contributed by atoms with Gasteiger partial charge in [0.25, 0.3) is 0 Å². The lowest BCUT2D eigenvalue weighted by atomic mass is 10.3. The van der Waals surface area contributed by atoms with E-state index in [0.717, 1.165) is 25.9 Å². The van der Waals surface area contributed by atoms with E-state index in [0.29, 0.717) is 13.1 Å². The van der Waals surface area contributed by atoms with Crippen molar-refractivity contribution in [3.05, 3.63) is 0 Å². The van der Waals surface area contributed by atoms with Gasteiger partial charge in [-0.15, -0.1) is 0 Å². The van der Waals surface area contributed by atoms with E-state index in [-0.39, 0.29) is 17.9 Å². The van der Waals surface area contributed by atoms with E-state index in [4.69, 9.17) is 0 Å². The number of rotatable bonds is 1. The normalized spacial score (nSPS) is 22.6. The molecule has 0 aromatic rings. The Morgan fingerprint density at radius 2 is 1.73 bits per heavy atom. The van der Waals surface area contributed by atoms with Gasteiger partial charge in [-0.25, -0.2) is 4.79 Å². The molecule has 15 heavy (non-hydrogen) atoms. The first kappa shape index (κ1) is 10.4. The van der Waals surface area contributed by atoms with Crippen molar-refractivity contribution in [3.8, 4) is 0 Å². The molecule has 5 heteroatoms. The summed E-state index contributed by atoms with van der Waals surface area (Å²) in [7, 11) is 2.03. The zero-order valence-corrected chi connectivity index (χ0v) is 9.03. The number of piperazine rings is 1. The highest BCUT2D eigenvalue weighted by molar-refractivity contribution is 5.96. The average Bonchev–Trinajstić information content (AvgIpc) is 3.01. The van der Waals surface area contributed by atoms with Crippen LogP contribution in [0.25, 0.3) is 0 Å². The minimum absolute atomic E-state index is 0.0982. The van der Waals surface area contributed by atoms with Gasteiger partial charge in [0, 0.05) is 32.1 Å². The third kappa shape index (κ3) is 2.68. The van der Waals surface area contributed by atoms with Crippen LogP contribution in [0.4, 0.5) is 4.79 Å². The van der Waals surface area contributed by atoms with Crippen LogP contribution in [0.5, 0.6) is 0 Å². The predicted molar refractivity (Wildman–Crippen MR) is 55.3 cm³/mol. The van der Waals surface area contributed by atoms with E-state index in [1.54, 1.807) is 4.90 Å². The van der Waals surface area contributed by atoms with Crippen LogP contribution in [0.15, 0.2) is 0 Å². The molecule has 1 heterocycles. The second-order valence-electron chi connectivity index (χ2n) is 4.36. The highest BCUT2D eigenvalue weighted by Gasteiger charge is 2.32. The molecule has 2 fully saturated rings. The van der Waals surface area contributed by atoms with Crippen LogP contribution < -0.4 is 5.32 Å². The van der Waals surface area contributed by atoms with Crippen LogP contribution in [0, 0.1) is 5.92 Å². The van der Waals surface area contributed by atoms with Gasteiger partial charge in [-0.3, -0.25) is 10.1 Å². The smallest absolute Gasteiger partial charge is 0.322 e. The van der Waals surface area contributed by atoms with Gasteiger partial charge in [0.15, 0.2) is 0 Å². The first-order valence-electron chi connectivity index (χ1n) is 5.45. The summed E-state index contributed by atoms with van der Waals surface area (Å²) in [5, 5.41) is 2.46. The summed E-state index contributed by atoms with van der Waals surface area (Å²) in [6.07, 6.45) is 1.86. The Kier molecular flexibility index (Phi) is 2.90. The molecule has 3 amide bonds. The first-order valence-corrected chi connectivity index (χ1v) is 5.45. The Bertz CT molecular complexity index is 268. The van der Waals surface area contributed by atoms with Gasteiger partial charge >= 0.3 is 6.03 Å². The molecular weight excluding hydrogens is 194 g/mol. The summed E-state index contributed by atoms with van der Waals surface area (Å²) in [6.45, 7) is 3.18. The molecule has 1 aliphatic heterocycles.